The van der Waals surface area contributed by atoms with Gasteiger partial charge in [0, 0.05) is 6.54 Å². The van der Waals surface area contributed by atoms with Crippen molar-refractivity contribution in [2.45, 2.75) is 27.2 Å². The Morgan fingerprint density at radius 3 is 2.52 bits per heavy atom. The highest BCUT2D eigenvalue weighted by Crippen LogP contribution is 2.18. The summed E-state index contributed by atoms with van der Waals surface area (Å²) < 4.78 is 5.40. The third kappa shape index (κ3) is 5.45. The molecule has 1 rings (SSSR count). The number of aliphatic carboxylic acids is 1. The van der Waals surface area contributed by atoms with Crippen molar-refractivity contribution in [1.29, 1.82) is 0 Å². The van der Waals surface area contributed by atoms with E-state index in [0.717, 1.165) is 0 Å². The molecule has 1 unspecified atom stereocenters. The lowest BCUT2D eigenvalue weighted by Crippen LogP contribution is -2.33. The molecule has 1 atom stereocenters. The topological polar surface area (TPSA) is 75.6 Å². The monoisotopic (exact) mass is 293 g/mol. The van der Waals surface area contributed by atoms with Crippen LogP contribution in [0.4, 0.5) is 0 Å². The van der Waals surface area contributed by atoms with Crippen LogP contribution in [0.5, 0.6) is 5.75 Å². The maximum Gasteiger partial charge on any atom is 0.308 e. The predicted octanol–water partition coefficient (Wildman–Crippen LogP) is 2.56. The van der Waals surface area contributed by atoms with Crippen LogP contribution in [0.25, 0.3) is 0 Å². The van der Waals surface area contributed by atoms with Gasteiger partial charge >= 0.3 is 5.97 Å². The zero-order valence-corrected chi connectivity index (χ0v) is 12.8. The van der Waals surface area contributed by atoms with Crippen molar-refractivity contribution in [1.82, 2.24) is 5.32 Å². The first-order valence-electron chi connectivity index (χ1n) is 7.18. The summed E-state index contributed by atoms with van der Waals surface area (Å²) in [6.07, 6.45) is 0.530. The predicted molar refractivity (Wildman–Crippen MR) is 80.5 cm³/mol. The van der Waals surface area contributed by atoms with Crippen molar-refractivity contribution < 1.29 is 19.4 Å². The molecule has 0 bridgehead atoms. The second-order valence-electron chi connectivity index (χ2n) is 5.30. The fourth-order valence-corrected chi connectivity index (χ4v) is 2.09. The quantitative estimate of drug-likeness (QED) is 0.772. The van der Waals surface area contributed by atoms with Gasteiger partial charge in [0.2, 0.25) is 0 Å². The Morgan fingerprint density at radius 1 is 1.29 bits per heavy atom. The minimum atomic E-state index is -0.887. The molecule has 0 heterocycles. The highest BCUT2D eigenvalue weighted by atomic mass is 16.5. The molecule has 1 amide bonds. The van der Waals surface area contributed by atoms with Crippen LogP contribution >= 0.6 is 0 Å². The van der Waals surface area contributed by atoms with Gasteiger partial charge in [-0.25, -0.2) is 0 Å². The zero-order chi connectivity index (χ0) is 15.8. The SMILES string of the molecule is CCOc1ccccc1C(=O)NCC(CC(C)C)C(=O)O. The number of carbonyl (C=O) groups excluding carboxylic acids is 1. The molecule has 0 saturated carbocycles. The van der Waals surface area contributed by atoms with E-state index >= 15 is 0 Å². The molecule has 1 aromatic rings. The van der Waals surface area contributed by atoms with E-state index in [1.807, 2.05) is 20.8 Å². The number of amides is 1. The number of hydrogen-bond acceptors (Lipinski definition) is 3. The van der Waals surface area contributed by atoms with E-state index in [4.69, 9.17) is 9.84 Å². The minimum Gasteiger partial charge on any atom is -0.493 e. The van der Waals surface area contributed by atoms with Gasteiger partial charge in [0.05, 0.1) is 18.1 Å². The molecule has 5 heteroatoms. The lowest BCUT2D eigenvalue weighted by atomic mass is 9.97. The van der Waals surface area contributed by atoms with Crippen molar-refractivity contribution in [2.24, 2.45) is 11.8 Å². The number of carboxylic acids is 1. The summed E-state index contributed by atoms with van der Waals surface area (Å²) in [7, 11) is 0. The van der Waals surface area contributed by atoms with E-state index in [2.05, 4.69) is 5.32 Å². The van der Waals surface area contributed by atoms with E-state index in [1.165, 1.54) is 0 Å². The van der Waals surface area contributed by atoms with Crippen LogP contribution in [-0.4, -0.2) is 30.1 Å². The third-order valence-electron chi connectivity index (χ3n) is 3.05. The molecule has 0 fully saturated rings. The molecule has 21 heavy (non-hydrogen) atoms. The maximum absolute atomic E-state index is 12.2. The standard InChI is InChI=1S/C16H23NO4/c1-4-21-14-8-6-5-7-13(14)15(18)17-10-12(16(19)20)9-11(2)3/h5-8,11-12H,4,9-10H2,1-3H3,(H,17,18)(H,19,20). The van der Waals surface area contributed by atoms with E-state index in [-0.39, 0.29) is 18.4 Å². The number of rotatable bonds is 8. The van der Waals surface area contributed by atoms with Gasteiger partial charge in [-0.05, 0) is 31.4 Å². The molecular weight excluding hydrogens is 270 g/mol. The highest BCUT2D eigenvalue weighted by Gasteiger charge is 2.20. The molecule has 0 aromatic heterocycles. The molecule has 5 nitrogen and oxygen atoms in total. The summed E-state index contributed by atoms with van der Waals surface area (Å²) >= 11 is 0. The summed E-state index contributed by atoms with van der Waals surface area (Å²) in [5.74, 6) is -1.00. The molecule has 0 radical (unpaired) electrons. The first kappa shape index (κ1) is 17.0. The average Bonchev–Trinajstić information content (AvgIpc) is 2.43. The molecule has 0 aliphatic heterocycles. The van der Waals surface area contributed by atoms with Crippen LogP contribution in [-0.2, 0) is 4.79 Å². The van der Waals surface area contributed by atoms with Crippen LogP contribution in [0.2, 0.25) is 0 Å². The number of para-hydroxylation sites is 1. The number of ether oxygens (including phenoxy) is 1. The second-order valence-corrected chi connectivity index (χ2v) is 5.30. The van der Waals surface area contributed by atoms with Gasteiger partial charge in [-0.15, -0.1) is 0 Å². The van der Waals surface area contributed by atoms with Crippen LogP contribution in [0, 0.1) is 11.8 Å². The van der Waals surface area contributed by atoms with Gasteiger partial charge in [0.25, 0.3) is 5.91 Å². The van der Waals surface area contributed by atoms with Crippen LogP contribution in [0.3, 0.4) is 0 Å². The van der Waals surface area contributed by atoms with Crippen molar-refractivity contribution in [3.8, 4) is 5.75 Å². The zero-order valence-electron chi connectivity index (χ0n) is 12.8. The summed E-state index contributed by atoms with van der Waals surface area (Å²) in [4.78, 5) is 23.3. The second kappa shape index (κ2) is 8.29. The normalized spacial score (nSPS) is 12.0. The first-order valence-corrected chi connectivity index (χ1v) is 7.18. The van der Waals surface area contributed by atoms with Crippen molar-refractivity contribution in [3.63, 3.8) is 0 Å². The van der Waals surface area contributed by atoms with E-state index < -0.39 is 11.9 Å². The Labute approximate surface area is 125 Å². The Kier molecular flexibility index (Phi) is 6.72. The average molecular weight is 293 g/mol. The van der Waals surface area contributed by atoms with Crippen molar-refractivity contribution in [2.75, 3.05) is 13.2 Å². The molecule has 0 spiro atoms. The number of carboxylic acid groups (broad SMARTS) is 1. The van der Waals surface area contributed by atoms with E-state index in [1.54, 1.807) is 24.3 Å². The summed E-state index contributed by atoms with van der Waals surface area (Å²) in [6, 6.07) is 6.93. The lowest BCUT2D eigenvalue weighted by molar-refractivity contribution is -0.142. The maximum atomic E-state index is 12.2. The van der Waals surface area contributed by atoms with Crippen LogP contribution in [0.15, 0.2) is 24.3 Å². The molecule has 116 valence electrons. The molecule has 2 N–H and O–H groups in total. The largest absolute Gasteiger partial charge is 0.493 e. The highest BCUT2D eigenvalue weighted by molar-refractivity contribution is 5.97. The van der Waals surface area contributed by atoms with E-state index in [9.17, 15) is 9.59 Å². The van der Waals surface area contributed by atoms with Gasteiger partial charge in [0.1, 0.15) is 5.75 Å². The first-order chi connectivity index (χ1) is 9.95. The summed E-state index contributed by atoms with van der Waals surface area (Å²) in [5, 5.41) is 11.9. The number of carbonyl (C=O) groups is 2. The summed E-state index contributed by atoms with van der Waals surface area (Å²) in [6.45, 7) is 6.35. The van der Waals surface area contributed by atoms with Gasteiger partial charge < -0.3 is 15.2 Å². The Bertz CT molecular complexity index is 485. The number of hydrogen-bond donors (Lipinski definition) is 2. The fourth-order valence-electron chi connectivity index (χ4n) is 2.09. The van der Waals surface area contributed by atoms with Gasteiger partial charge in [-0.2, -0.15) is 0 Å². The Morgan fingerprint density at radius 2 is 1.95 bits per heavy atom. The van der Waals surface area contributed by atoms with Gasteiger partial charge in [-0.1, -0.05) is 26.0 Å². The third-order valence-corrected chi connectivity index (χ3v) is 3.05. The Balaban J connectivity index is 2.70. The number of benzene rings is 1. The molecule has 0 saturated heterocycles. The molecule has 0 aliphatic rings. The molecule has 0 aliphatic carbocycles. The van der Waals surface area contributed by atoms with E-state index in [0.29, 0.717) is 24.3 Å². The van der Waals surface area contributed by atoms with Gasteiger partial charge in [-0.3, -0.25) is 9.59 Å². The van der Waals surface area contributed by atoms with Crippen LogP contribution < -0.4 is 10.1 Å². The van der Waals surface area contributed by atoms with Crippen LogP contribution in [0.1, 0.15) is 37.6 Å². The molecular formula is C16H23NO4. The molecule has 1 aromatic carbocycles. The number of nitrogens with one attached hydrogen (secondary N) is 1. The van der Waals surface area contributed by atoms with Gasteiger partial charge in [0.15, 0.2) is 0 Å². The van der Waals surface area contributed by atoms with Crippen molar-refractivity contribution >= 4 is 11.9 Å². The van der Waals surface area contributed by atoms with Crippen molar-refractivity contribution in [3.05, 3.63) is 29.8 Å². The summed E-state index contributed by atoms with van der Waals surface area (Å²) in [5.41, 5.74) is 0.424. The lowest BCUT2D eigenvalue weighted by Gasteiger charge is -2.16. The minimum absolute atomic E-state index is 0.118. The Hall–Kier alpha value is -2.04. The smallest absolute Gasteiger partial charge is 0.308 e. The fraction of sp³-hybridized carbons (Fsp3) is 0.500.